The van der Waals surface area contributed by atoms with Gasteiger partial charge in [0.25, 0.3) is 0 Å². The van der Waals surface area contributed by atoms with Gasteiger partial charge in [-0.25, -0.2) is 4.98 Å². The van der Waals surface area contributed by atoms with Gasteiger partial charge in [0.15, 0.2) is 0 Å². The van der Waals surface area contributed by atoms with Crippen LogP contribution in [0.25, 0.3) is 0 Å². The van der Waals surface area contributed by atoms with E-state index in [2.05, 4.69) is 47.8 Å². The normalized spacial score (nSPS) is 16.9. The molecule has 1 aliphatic carbocycles. The minimum atomic E-state index is 0.606. The predicted octanol–water partition coefficient (Wildman–Crippen LogP) is 4.48. The lowest BCUT2D eigenvalue weighted by Gasteiger charge is -2.33. The number of halogens is 2. The fourth-order valence-corrected chi connectivity index (χ4v) is 4.13. The van der Waals surface area contributed by atoms with Gasteiger partial charge in [0.05, 0.1) is 4.47 Å². The number of hydrogen-bond donors (Lipinski definition) is 1. The molecule has 1 aromatic heterocycles. The van der Waals surface area contributed by atoms with Crippen molar-refractivity contribution in [2.24, 2.45) is 5.73 Å². The van der Waals surface area contributed by atoms with Gasteiger partial charge in [0, 0.05) is 23.3 Å². The Kier molecular flexibility index (Phi) is 6.78. The molecule has 1 aliphatic rings. The highest BCUT2D eigenvalue weighted by Crippen LogP contribution is 2.31. The number of pyridine rings is 1. The van der Waals surface area contributed by atoms with Gasteiger partial charge in [-0.05, 0) is 63.7 Å². The Morgan fingerprint density at radius 1 is 1.20 bits per heavy atom. The summed E-state index contributed by atoms with van der Waals surface area (Å²) in [6.07, 6.45) is 10.8. The zero-order chi connectivity index (χ0) is 14.4. The number of hydrogen-bond acceptors (Lipinski definition) is 3. The first kappa shape index (κ1) is 16.2. The van der Waals surface area contributed by atoms with E-state index in [4.69, 9.17) is 5.73 Å². The van der Waals surface area contributed by atoms with Crippen LogP contribution in [-0.4, -0.2) is 24.1 Å². The van der Waals surface area contributed by atoms with Crippen molar-refractivity contribution in [2.75, 3.05) is 18.0 Å². The van der Waals surface area contributed by atoms with E-state index in [1.54, 1.807) is 0 Å². The van der Waals surface area contributed by atoms with Gasteiger partial charge in [-0.2, -0.15) is 0 Å². The third-order valence-electron chi connectivity index (χ3n) is 3.93. The summed E-state index contributed by atoms with van der Waals surface area (Å²) in [6.45, 7) is 1.73. The van der Waals surface area contributed by atoms with Gasteiger partial charge in [-0.1, -0.05) is 25.7 Å². The Morgan fingerprint density at radius 2 is 1.90 bits per heavy atom. The first-order chi connectivity index (χ1) is 9.72. The van der Waals surface area contributed by atoms with Crippen molar-refractivity contribution >= 4 is 37.7 Å². The van der Waals surface area contributed by atoms with Crippen LogP contribution in [0.4, 0.5) is 5.82 Å². The van der Waals surface area contributed by atoms with E-state index in [9.17, 15) is 0 Å². The molecular weight excluding hydrogens is 382 g/mol. The molecule has 2 N–H and O–H groups in total. The van der Waals surface area contributed by atoms with E-state index < -0.39 is 0 Å². The summed E-state index contributed by atoms with van der Waals surface area (Å²) in [5.74, 6) is 1.06. The highest BCUT2D eigenvalue weighted by Gasteiger charge is 2.22. The molecule has 0 aromatic carbocycles. The Balaban J connectivity index is 2.20. The van der Waals surface area contributed by atoms with Crippen molar-refractivity contribution in [2.45, 2.75) is 51.0 Å². The minimum absolute atomic E-state index is 0.606. The van der Waals surface area contributed by atoms with Gasteiger partial charge in [0.1, 0.15) is 5.82 Å². The maximum absolute atomic E-state index is 5.71. The molecule has 1 fully saturated rings. The summed E-state index contributed by atoms with van der Waals surface area (Å²) < 4.78 is 2.07. The first-order valence-electron chi connectivity index (χ1n) is 7.50. The quantitative estimate of drug-likeness (QED) is 0.735. The molecule has 1 heterocycles. The number of aromatic nitrogens is 1. The van der Waals surface area contributed by atoms with Crippen molar-refractivity contribution < 1.29 is 0 Å². The van der Waals surface area contributed by atoms with E-state index in [-0.39, 0.29) is 0 Å². The highest BCUT2D eigenvalue weighted by molar-refractivity contribution is 9.11. The minimum Gasteiger partial charge on any atom is -0.353 e. The summed E-state index contributed by atoms with van der Waals surface area (Å²) in [5, 5.41) is 0. The van der Waals surface area contributed by atoms with E-state index in [0.29, 0.717) is 6.04 Å². The van der Waals surface area contributed by atoms with Crippen LogP contribution in [0, 0.1) is 0 Å². The molecule has 2 rings (SSSR count). The molecule has 3 nitrogen and oxygen atoms in total. The highest BCUT2D eigenvalue weighted by atomic mass is 79.9. The molecule has 20 heavy (non-hydrogen) atoms. The lowest BCUT2D eigenvalue weighted by atomic mass is 10.1. The number of rotatable bonds is 5. The van der Waals surface area contributed by atoms with Crippen LogP contribution < -0.4 is 10.6 Å². The number of nitrogens with two attached hydrogens (primary N) is 1. The molecule has 0 spiro atoms. The Labute approximate surface area is 138 Å². The Bertz CT molecular complexity index is 418. The van der Waals surface area contributed by atoms with Crippen molar-refractivity contribution in [3.8, 4) is 0 Å². The second-order valence-corrected chi connectivity index (χ2v) is 7.21. The summed E-state index contributed by atoms with van der Waals surface area (Å²) in [4.78, 5) is 7.10. The first-order valence-corrected chi connectivity index (χ1v) is 9.08. The van der Waals surface area contributed by atoms with Crippen LogP contribution in [0.15, 0.2) is 21.2 Å². The Hall–Kier alpha value is -0.130. The monoisotopic (exact) mass is 403 g/mol. The van der Waals surface area contributed by atoms with Crippen LogP contribution in [0.3, 0.4) is 0 Å². The largest absolute Gasteiger partial charge is 0.353 e. The lowest BCUT2D eigenvalue weighted by molar-refractivity contribution is 0.514. The molecule has 0 amide bonds. The SMILES string of the molecule is NCCCN(c1ncc(Br)cc1Br)C1CCCCCC1. The van der Waals surface area contributed by atoms with E-state index in [1.807, 2.05) is 6.20 Å². The van der Waals surface area contributed by atoms with Gasteiger partial charge in [0.2, 0.25) is 0 Å². The lowest BCUT2D eigenvalue weighted by Crippen LogP contribution is -2.37. The predicted molar refractivity (Wildman–Crippen MR) is 92.1 cm³/mol. The zero-order valence-corrected chi connectivity index (χ0v) is 15.0. The average Bonchev–Trinajstić information content (AvgIpc) is 2.70. The van der Waals surface area contributed by atoms with Gasteiger partial charge in [-0.3, -0.25) is 0 Å². The summed E-state index contributed by atoms with van der Waals surface area (Å²) >= 11 is 7.14. The van der Waals surface area contributed by atoms with Crippen LogP contribution in [0.5, 0.6) is 0 Å². The second-order valence-electron chi connectivity index (χ2n) is 5.44. The third kappa shape index (κ3) is 4.43. The zero-order valence-electron chi connectivity index (χ0n) is 11.8. The van der Waals surface area contributed by atoms with Crippen molar-refractivity contribution in [1.29, 1.82) is 0 Å². The molecule has 1 saturated carbocycles. The van der Waals surface area contributed by atoms with Gasteiger partial charge in [-0.15, -0.1) is 0 Å². The summed E-state index contributed by atoms with van der Waals surface area (Å²) in [6, 6.07) is 2.68. The van der Waals surface area contributed by atoms with Gasteiger partial charge >= 0.3 is 0 Å². The van der Waals surface area contributed by atoms with Crippen LogP contribution in [0.1, 0.15) is 44.9 Å². The van der Waals surface area contributed by atoms with Crippen LogP contribution in [0.2, 0.25) is 0 Å². The maximum atomic E-state index is 5.71. The summed E-state index contributed by atoms with van der Waals surface area (Å²) in [7, 11) is 0. The smallest absolute Gasteiger partial charge is 0.143 e. The molecule has 0 saturated heterocycles. The number of nitrogens with zero attached hydrogens (tertiary/aromatic N) is 2. The van der Waals surface area contributed by atoms with E-state index in [1.165, 1.54) is 38.5 Å². The van der Waals surface area contributed by atoms with Gasteiger partial charge < -0.3 is 10.6 Å². The van der Waals surface area contributed by atoms with Crippen molar-refractivity contribution in [1.82, 2.24) is 4.98 Å². The molecule has 5 heteroatoms. The molecule has 1 aromatic rings. The Morgan fingerprint density at radius 3 is 2.50 bits per heavy atom. The molecular formula is C15H23Br2N3. The molecule has 0 aliphatic heterocycles. The average molecular weight is 405 g/mol. The topological polar surface area (TPSA) is 42.1 Å². The molecule has 0 atom stereocenters. The fraction of sp³-hybridized carbons (Fsp3) is 0.667. The maximum Gasteiger partial charge on any atom is 0.143 e. The second kappa shape index (κ2) is 8.35. The molecule has 0 unspecified atom stereocenters. The molecule has 0 radical (unpaired) electrons. The third-order valence-corrected chi connectivity index (χ3v) is 4.95. The fourth-order valence-electron chi connectivity index (χ4n) is 2.91. The summed E-state index contributed by atoms with van der Waals surface area (Å²) in [5.41, 5.74) is 5.71. The standard InChI is InChI=1S/C15H23Br2N3/c16-12-10-14(17)15(19-11-12)20(9-5-8-18)13-6-3-1-2-4-7-13/h10-11,13H,1-9,18H2. The van der Waals surface area contributed by atoms with E-state index >= 15 is 0 Å². The van der Waals surface area contributed by atoms with Crippen LogP contribution in [-0.2, 0) is 0 Å². The molecule has 0 bridgehead atoms. The van der Waals surface area contributed by atoms with E-state index in [0.717, 1.165) is 34.3 Å². The number of anilines is 1. The molecule has 112 valence electrons. The van der Waals surface area contributed by atoms with Crippen molar-refractivity contribution in [3.05, 3.63) is 21.2 Å². The van der Waals surface area contributed by atoms with Crippen LogP contribution >= 0.6 is 31.9 Å². The van der Waals surface area contributed by atoms with Crippen molar-refractivity contribution in [3.63, 3.8) is 0 Å².